The second kappa shape index (κ2) is 14.3. The number of sulfonamides is 1. The lowest BCUT2D eigenvalue weighted by atomic mass is 9.94. The number of carbonyl (C=O) groups excluding carboxylic acids is 2. The van der Waals surface area contributed by atoms with Crippen molar-refractivity contribution in [1.29, 1.82) is 0 Å². The van der Waals surface area contributed by atoms with Gasteiger partial charge in [0.1, 0.15) is 12.6 Å². The fraction of sp³-hybridized carbons (Fsp3) is 0.375. The van der Waals surface area contributed by atoms with Gasteiger partial charge in [-0.3, -0.25) is 24.0 Å². The first-order valence-electron chi connectivity index (χ1n) is 14.4. The quantitative estimate of drug-likeness (QED) is 0.234. The van der Waals surface area contributed by atoms with Crippen molar-refractivity contribution in [2.45, 2.75) is 64.1 Å². The maximum atomic E-state index is 14.2. The molecule has 0 radical (unpaired) electrons. The lowest BCUT2D eigenvalue weighted by molar-refractivity contribution is -0.384. The molecule has 10 nitrogen and oxygen atoms in total. The molecule has 2 amide bonds. The van der Waals surface area contributed by atoms with Crippen LogP contribution in [0.3, 0.4) is 0 Å². The predicted octanol–water partition coefficient (Wildman–Crippen LogP) is 4.76. The van der Waals surface area contributed by atoms with Crippen LogP contribution in [-0.4, -0.2) is 54.9 Å². The van der Waals surface area contributed by atoms with Crippen LogP contribution >= 0.6 is 0 Å². The van der Waals surface area contributed by atoms with Gasteiger partial charge in [0.15, 0.2) is 0 Å². The van der Waals surface area contributed by atoms with Crippen molar-refractivity contribution >= 4 is 33.2 Å². The highest BCUT2D eigenvalue weighted by atomic mass is 32.2. The van der Waals surface area contributed by atoms with E-state index in [9.17, 15) is 28.1 Å². The number of benzene rings is 3. The van der Waals surface area contributed by atoms with E-state index in [4.69, 9.17) is 0 Å². The number of nitrogens with zero attached hydrogens (tertiary/aromatic N) is 3. The third-order valence-corrected chi connectivity index (χ3v) is 8.97. The van der Waals surface area contributed by atoms with E-state index in [1.165, 1.54) is 23.1 Å². The van der Waals surface area contributed by atoms with Gasteiger partial charge < -0.3 is 10.2 Å². The Kier molecular flexibility index (Phi) is 10.5. The van der Waals surface area contributed by atoms with Crippen molar-refractivity contribution < 1.29 is 22.9 Å². The Hall–Kier alpha value is -4.25. The summed E-state index contributed by atoms with van der Waals surface area (Å²) in [5.74, 6) is -0.890. The molecular weight excluding hydrogens is 568 g/mol. The molecule has 43 heavy (non-hydrogen) atoms. The predicted molar refractivity (Wildman–Crippen MR) is 166 cm³/mol. The molecule has 4 rings (SSSR count). The summed E-state index contributed by atoms with van der Waals surface area (Å²) in [6.07, 6.45) is 6.07. The fourth-order valence-corrected chi connectivity index (χ4v) is 6.29. The topological polar surface area (TPSA) is 130 Å². The van der Waals surface area contributed by atoms with Gasteiger partial charge in [-0.25, -0.2) is 8.42 Å². The van der Waals surface area contributed by atoms with E-state index in [0.717, 1.165) is 65.4 Å². The Balaban J connectivity index is 1.74. The van der Waals surface area contributed by atoms with Gasteiger partial charge in [0, 0.05) is 31.1 Å². The van der Waals surface area contributed by atoms with Gasteiger partial charge in [-0.2, -0.15) is 0 Å². The average Bonchev–Trinajstić information content (AvgIpc) is 2.99. The number of nitro groups is 1. The van der Waals surface area contributed by atoms with Crippen LogP contribution in [0.2, 0.25) is 0 Å². The highest BCUT2D eigenvalue weighted by molar-refractivity contribution is 7.92. The zero-order chi connectivity index (χ0) is 31.0. The molecule has 1 saturated carbocycles. The van der Waals surface area contributed by atoms with Crippen molar-refractivity contribution in [1.82, 2.24) is 10.2 Å². The van der Waals surface area contributed by atoms with Crippen LogP contribution < -0.4 is 9.62 Å². The maximum absolute atomic E-state index is 14.2. The maximum Gasteiger partial charge on any atom is 0.271 e. The van der Waals surface area contributed by atoms with Gasteiger partial charge in [0.2, 0.25) is 21.8 Å². The molecule has 3 aromatic carbocycles. The number of nitrogens with one attached hydrogen (secondary N) is 1. The van der Waals surface area contributed by atoms with Crippen molar-refractivity contribution in [3.05, 3.63) is 106 Å². The Bertz CT molecular complexity index is 1540. The van der Waals surface area contributed by atoms with Gasteiger partial charge in [-0.1, -0.05) is 79.9 Å². The zero-order valence-electron chi connectivity index (χ0n) is 24.5. The average molecular weight is 607 g/mol. The van der Waals surface area contributed by atoms with E-state index in [2.05, 4.69) is 5.32 Å². The normalized spacial score (nSPS) is 14.5. The molecule has 0 bridgehead atoms. The van der Waals surface area contributed by atoms with E-state index in [1.54, 1.807) is 0 Å². The summed E-state index contributed by atoms with van der Waals surface area (Å²) in [6, 6.07) is 21.2. The first-order chi connectivity index (χ1) is 20.5. The third-order valence-electron chi connectivity index (χ3n) is 7.83. The molecule has 0 aromatic heterocycles. The summed E-state index contributed by atoms with van der Waals surface area (Å²) in [7, 11) is -4.03. The van der Waals surface area contributed by atoms with E-state index >= 15 is 0 Å². The van der Waals surface area contributed by atoms with Crippen LogP contribution in [0.4, 0.5) is 11.4 Å². The number of hydrogen-bond acceptors (Lipinski definition) is 6. The first-order valence-corrected chi connectivity index (χ1v) is 16.3. The molecule has 1 atom stereocenters. The van der Waals surface area contributed by atoms with Crippen LogP contribution in [0.1, 0.15) is 48.8 Å². The van der Waals surface area contributed by atoms with Crippen molar-refractivity contribution in [3.63, 3.8) is 0 Å². The monoisotopic (exact) mass is 606 g/mol. The molecule has 0 saturated heterocycles. The van der Waals surface area contributed by atoms with E-state index in [0.29, 0.717) is 0 Å². The molecule has 11 heteroatoms. The lowest BCUT2D eigenvalue weighted by Gasteiger charge is -2.35. The summed E-state index contributed by atoms with van der Waals surface area (Å²) < 4.78 is 26.7. The number of nitro benzene ring substituents is 1. The van der Waals surface area contributed by atoms with Crippen LogP contribution in [-0.2, 0) is 32.6 Å². The minimum atomic E-state index is -4.03. The van der Waals surface area contributed by atoms with Gasteiger partial charge in [-0.15, -0.1) is 0 Å². The van der Waals surface area contributed by atoms with Crippen LogP contribution in [0.5, 0.6) is 0 Å². The molecule has 0 unspecified atom stereocenters. The number of non-ortho nitro benzene ring substituents is 1. The van der Waals surface area contributed by atoms with Crippen molar-refractivity contribution in [2.75, 3.05) is 17.1 Å². The lowest BCUT2D eigenvalue weighted by Crippen LogP contribution is -2.55. The standard InChI is InChI=1S/C32H38N4O6S/c1-24-12-9-10-15-26(24)22-34(31(37)23-35(43(2,41)42)28-18-11-19-29(21-28)36(39)40)30(20-25-13-5-3-6-14-25)32(38)33-27-16-7-4-8-17-27/h3,5-6,9-15,18-19,21,27,30H,4,7-8,16-17,20,22-23H2,1-2H3,(H,33,38)/t30-/m1/s1. The largest absolute Gasteiger partial charge is 0.352 e. The summed E-state index contributed by atoms with van der Waals surface area (Å²) in [4.78, 5) is 40.5. The molecule has 0 spiro atoms. The molecular formula is C32H38N4O6S. The fourth-order valence-electron chi connectivity index (χ4n) is 5.44. The molecule has 1 aliphatic rings. The highest BCUT2D eigenvalue weighted by Crippen LogP contribution is 2.25. The number of hydrogen-bond donors (Lipinski definition) is 1. The summed E-state index contributed by atoms with van der Waals surface area (Å²) in [5, 5.41) is 14.6. The summed E-state index contributed by atoms with van der Waals surface area (Å²) in [5.41, 5.74) is 2.29. The van der Waals surface area contributed by atoms with Gasteiger partial charge >= 0.3 is 0 Å². The first kappa shape index (κ1) is 31.7. The number of rotatable bonds is 12. The van der Waals surface area contributed by atoms with E-state index in [1.807, 2.05) is 61.5 Å². The van der Waals surface area contributed by atoms with Crippen molar-refractivity contribution in [3.8, 4) is 0 Å². The van der Waals surface area contributed by atoms with Crippen LogP contribution in [0.15, 0.2) is 78.9 Å². The van der Waals surface area contributed by atoms with E-state index in [-0.39, 0.29) is 36.3 Å². The van der Waals surface area contributed by atoms with Gasteiger partial charge in [0.25, 0.3) is 5.69 Å². The van der Waals surface area contributed by atoms with Crippen LogP contribution in [0, 0.1) is 17.0 Å². The number of amides is 2. The van der Waals surface area contributed by atoms with Crippen LogP contribution in [0.25, 0.3) is 0 Å². The minimum absolute atomic E-state index is 0.00678. The Morgan fingerprint density at radius 2 is 1.65 bits per heavy atom. The zero-order valence-corrected chi connectivity index (χ0v) is 25.3. The SMILES string of the molecule is Cc1ccccc1CN(C(=O)CN(c1cccc([N+](=O)[O-])c1)S(C)(=O)=O)[C@H](Cc1ccccc1)C(=O)NC1CCCCC1. The van der Waals surface area contributed by atoms with Gasteiger partial charge in [-0.05, 0) is 42.5 Å². The molecule has 0 heterocycles. The molecule has 1 N–H and O–H groups in total. The number of anilines is 1. The highest BCUT2D eigenvalue weighted by Gasteiger charge is 2.34. The smallest absolute Gasteiger partial charge is 0.271 e. The molecule has 1 fully saturated rings. The minimum Gasteiger partial charge on any atom is -0.352 e. The van der Waals surface area contributed by atoms with Gasteiger partial charge in [0.05, 0.1) is 16.9 Å². The Morgan fingerprint density at radius 1 is 0.977 bits per heavy atom. The molecule has 228 valence electrons. The molecule has 1 aliphatic carbocycles. The van der Waals surface area contributed by atoms with E-state index < -0.39 is 33.4 Å². The molecule has 0 aliphatic heterocycles. The third kappa shape index (κ3) is 8.63. The number of aryl methyl sites for hydroxylation is 1. The number of carbonyl (C=O) groups is 2. The molecule has 3 aromatic rings. The summed E-state index contributed by atoms with van der Waals surface area (Å²) >= 11 is 0. The Labute approximate surface area is 252 Å². The van der Waals surface area contributed by atoms with Crippen molar-refractivity contribution in [2.24, 2.45) is 0 Å². The second-order valence-electron chi connectivity index (χ2n) is 11.0. The summed E-state index contributed by atoms with van der Waals surface area (Å²) in [6.45, 7) is 1.36. The Morgan fingerprint density at radius 3 is 2.30 bits per heavy atom. The second-order valence-corrected chi connectivity index (χ2v) is 13.0.